The highest BCUT2D eigenvalue weighted by Crippen LogP contribution is 2.35. The predicted molar refractivity (Wildman–Crippen MR) is 321 cm³/mol. The first-order chi connectivity index (χ1) is 34.8. The van der Waals surface area contributed by atoms with Crippen LogP contribution in [0, 0.1) is 0 Å². The van der Waals surface area contributed by atoms with Crippen LogP contribution >= 0.6 is 61.1 Å². The molecule has 0 saturated carbocycles. The number of nitrogen functional groups attached to an aromatic ring is 1. The lowest BCUT2D eigenvalue weighted by Crippen LogP contribution is -2.48. The number of fused-ring (bicyclic) bond motifs is 2. The molecule has 2 saturated heterocycles. The Bertz CT molecular complexity index is 2650. The van der Waals surface area contributed by atoms with Crippen LogP contribution in [0.3, 0.4) is 0 Å². The van der Waals surface area contributed by atoms with Gasteiger partial charge in [0.25, 0.3) is 0 Å². The van der Waals surface area contributed by atoms with Crippen LogP contribution in [-0.4, -0.2) is 139 Å². The number of Topliss-reactive ketones (excluding diaryl/α,β-unsaturated/α-hetero) is 1. The minimum Gasteiger partial charge on any atom is -0.486 e. The Morgan fingerprint density at radius 1 is 0.730 bits per heavy atom. The first-order valence-electron chi connectivity index (χ1n) is 24.2. The van der Waals surface area contributed by atoms with Gasteiger partial charge in [-0.2, -0.15) is 14.9 Å². The summed E-state index contributed by atoms with van der Waals surface area (Å²) in [5.41, 5.74) is 17.3. The van der Waals surface area contributed by atoms with Crippen LogP contribution in [0.2, 0.25) is 0 Å². The zero-order chi connectivity index (χ0) is 51.1. The summed E-state index contributed by atoms with van der Waals surface area (Å²) in [4.78, 5) is 43.2. The van der Waals surface area contributed by atoms with Crippen LogP contribution in [0.25, 0.3) is 0 Å². The third-order valence-electron chi connectivity index (χ3n) is 12.2. The fraction of sp³-hybridized carbons (Fsp3) is 0.415. The Balaban J connectivity index is 0.000000221. The first kappa shape index (κ1) is 59.7. The third-order valence-corrected chi connectivity index (χ3v) is 14.6. The zero-order valence-electron chi connectivity index (χ0n) is 42.2. The van der Waals surface area contributed by atoms with Gasteiger partial charge in [-0.05, 0) is 131 Å². The number of hydrogen-bond acceptors (Lipinski definition) is 16. The van der Waals surface area contributed by atoms with Crippen LogP contribution in [-0.2, 0) is 0 Å². The second-order valence-corrected chi connectivity index (χ2v) is 20.8. The largest absolute Gasteiger partial charge is 0.486 e. The number of rotatable bonds is 12. The maximum absolute atomic E-state index is 13.1. The molecule has 9 rings (SSSR count). The van der Waals surface area contributed by atoms with Crippen molar-refractivity contribution >= 4 is 117 Å². The van der Waals surface area contributed by atoms with E-state index >= 15 is 0 Å². The molecule has 0 spiro atoms. The number of aromatic nitrogens is 1. The Morgan fingerprint density at radius 2 is 1.19 bits per heavy atom. The van der Waals surface area contributed by atoms with E-state index < -0.39 is 0 Å². The van der Waals surface area contributed by atoms with E-state index in [4.69, 9.17) is 42.6 Å². The average molecular weight is 1150 g/mol. The van der Waals surface area contributed by atoms with Crippen molar-refractivity contribution in [3.05, 3.63) is 101 Å². The summed E-state index contributed by atoms with van der Waals surface area (Å²) in [6.45, 7) is 21.7. The topological polar surface area (TPSA) is 185 Å². The molecule has 16 nitrogen and oxygen atoms in total. The van der Waals surface area contributed by atoms with E-state index in [9.17, 15) is 9.59 Å². The van der Waals surface area contributed by atoms with Gasteiger partial charge in [0, 0.05) is 98.3 Å². The summed E-state index contributed by atoms with van der Waals surface area (Å²) >= 11 is 11.1. The van der Waals surface area contributed by atoms with E-state index in [1.54, 1.807) is 36.4 Å². The number of thioether (sulfide) groups is 1. The van der Waals surface area contributed by atoms with E-state index in [0.717, 1.165) is 69.5 Å². The van der Waals surface area contributed by atoms with Gasteiger partial charge in [0.1, 0.15) is 37.1 Å². The van der Waals surface area contributed by atoms with E-state index in [-0.39, 0.29) is 34.7 Å². The average Bonchev–Trinajstić information content (AvgIpc) is 3.77. The standard InChI is InChI=1S/C25H29N5O3S.C17H27N5S2.C10H9BrO3.CH4.H3P/c1-16(2)29-9-11-30(12-10-29)19-6-4-18(5-7-19)27-25-28-24(26)23(34-25)22(31)17-3-8-20-21(15-17)33-14-13-32-20;1-4-24-16(18)20-17(23)19-14-5-7-15(8-6-14)22-11-9-21(10-12-22)13(2)3;11-6-8(12)7-1-2-9-10(5-7)14-4-3-13-9;;/h3-8,15-16H,9-14,26H2,1-2H3,(H,27,28);5-8,13H,4,9-12H2,1-3H3,(H3,18,19,20,23);1-2,5H,3-4,6H2;1H4;1H3. The van der Waals surface area contributed by atoms with Crippen molar-refractivity contribution in [3.8, 4) is 23.0 Å². The number of nitrogens with zero attached hydrogens (tertiary/aromatic N) is 6. The number of thiazole rings is 1. The summed E-state index contributed by atoms with van der Waals surface area (Å²) in [5, 5.41) is 8.18. The van der Waals surface area contributed by atoms with E-state index in [0.29, 0.717) is 98.3 Å². The number of carbonyl (C=O) groups is 2. The fourth-order valence-electron chi connectivity index (χ4n) is 8.22. The molecule has 4 aliphatic heterocycles. The van der Waals surface area contributed by atoms with Crippen molar-refractivity contribution in [1.82, 2.24) is 14.8 Å². The van der Waals surface area contributed by atoms with Crippen molar-refractivity contribution < 1.29 is 28.5 Å². The van der Waals surface area contributed by atoms with Crippen molar-refractivity contribution in [3.63, 3.8) is 0 Å². The van der Waals surface area contributed by atoms with Gasteiger partial charge in [0.05, 0.1) is 5.33 Å². The number of piperazine rings is 2. The van der Waals surface area contributed by atoms with Gasteiger partial charge in [-0.3, -0.25) is 19.4 Å². The molecule has 4 aromatic carbocycles. The molecule has 400 valence electrons. The molecule has 1 atom stereocenters. The molecule has 5 heterocycles. The quantitative estimate of drug-likeness (QED) is 0.0231. The molecule has 0 amide bonds. The Kier molecular flexibility index (Phi) is 23.5. The van der Waals surface area contributed by atoms with Crippen molar-refractivity contribution in [1.29, 1.82) is 0 Å². The van der Waals surface area contributed by atoms with E-state index in [2.05, 4.69) is 108 Å². The molecular weight excluding hydrogens is 1080 g/mol. The minimum absolute atomic E-state index is 0. The normalized spacial score (nSPS) is 15.3. The number of amidine groups is 1. The summed E-state index contributed by atoms with van der Waals surface area (Å²) in [6.07, 6.45) is 0. The van der Waals surface area contributed by atoms with Gasteiger partial charge in [-0.1, -0.05) is 53.4 Å². The molecule has 6 N–H and O–H groups in total. The van der Waals surface area contributed by atoms with Gasteiger partial charge in [0.15, 0.2) is 44.2 Å². The summed E-state index contributed by atoms with van der Waals surface area (Å²) in [7, 11) is 0. The number of anilines is 6. The highest BCUT2D eigenvalue weighted by molar-refractivity contribution is 9.09. The molecular formula is C53H72BrN10O6PS3. The number of hydrogen-bond donors (Lipinski definition) is 4. The number of nitrogens with two attached hydrogens (primary N) is 2. The molecule has 1 aromatic heterocycles. The van der Waals surface area contributed by atoms with Crippen molar-refractivity contribution in [2.45, 2.75) is 54.1 Å². The van der Waals surface area contributed by atoms with Crippen LogP contribution in [0.15, 0.2) is 89.9 Å². The van der Waals surface area contributed by atoms with Gasteiger partial charge in [0.2, 0.25) is 5.78 Å². The van der Waals surface area contributed by atoms with Crippen molar-refractivity contribution in [2.24, 2.45) is 10.7 Å². The molecule has 0 aliphatic carbocycles. The molecule has 0 radical (unpaired) electrons. The van der Waals surface area contributed by atoms with Gasteiger partial charge in [-0.15, -0.1) is 0 Å². The highest BCUT2D eigenvalue weighted by atomic mass is 79.9. The number of benzene rings is 4. The molecule has 74 heavy (non-hydrogen) atoms. The lowest BCUT2D eigenvalue weighted by atomic mass is 10.1. The summed E-state index contributed by atoms with van der Waals surface area (Å²) in [5.74, 6) is 3.55. The SMILES string of the molecule is C.CC(C)N1CCN(c2ccc(Nc3nc(N)c(C(=O)c4ccc5c(c4)OCCO5)s3)cc2)CC1.CCSC(N)=NC(=S)Nc1ccc(N2CCN(C(C)C)CC2)cc1.O=C(CBr)c1ccc2c(c1)OCCO2.P. The number of aliphatic imine (C=N–C) groups is 1. The Labute approximate surface area is 462 Å². The lowest BCUT2D eigenvalue weighted by Gasteiger charge is -2.38. The number of halogens is 1. The number of ether oxygens (including phenoxy) is 4. The molecule has 4 aliphatic rings. The monoisotopic (exact) mass is 1150 g/mol. The number of nitrogens with one attached hydrogen (secondary N) is 2. The number of alkyl halides is 1. The Morgan fingerprint density at radius 3 is 1.66 bits per heavy atom. The van der Waals surface area contributed by atoms with E-state index in [1.165, 1.54) is 34.5 Å². The maximum Gasteiger partial charge on any atom is 0.206 e. The fourth-order valence-corrected chi connectivity index (χ4v) is 10.1. The maximum atomic E-state index is 13.1. The first-order valence-corrected chi connectivity index (χ1v) is 27.5. The van der Waals surface area contributed by atoms with Gasteiger partial charge >= 0.3 is 0 Å². The third kappa shape index (κ3) is 16.6. The molecule has 21 heteroatoms. The van der Waals surface area contributed by atoms with Gasteiger partial charge < -0.3 is 50.8 Å². The number of carbonyl (C=O) groups excluding carboxylic acids is 2. The number of ketones is 2. The van der Waals surface area contributed by atoms with Crippen LogP contribution in [0.5, 0.6) is 23.0 Å². The molecule has 0 bridgehead atoms. The van der Waals surface area contributed by atoms with Crippen LogP contribution < -0.4 is 50.8 Å². The minimum atomic E-state index is -0.184. The second kappa shape index (κ2) is 29.2. The lowest BCUT2D eigenvalue weighted by molar-refractivity contribution is 0.101. The second-order valence-electron chi connectivity index (χ2n) is 17.6. The zero-order valence-corrected chi connectivity index (χ0v) is 47.7. The highest BCUT2D eigenvalue weighted by Gasteiger charge is 2.23. The van der Waals surface area contributed by atoms with Gasteiger partial charge in [-0.25, -0.2) is 4.98 Å². The summed E-state index contributed by atoms with van der Waals surface area (Å²) in [6, 6.07) is 28.2. The summed E-state index contributed by atoms with van der Waals surface area (Å²) < 4.78 is 21.8. The predicted octanol–water partition coefficient (Wildman–Crippen LogP) is 9.71. The van der Waals surface area contributed by atoms with Crippen LogP contribution in [0.1, 0.15) is 67.6 Å². The molecule has 2 fully saturated rings. The molecule has 5 aromatic rings. The van der Waals surface area contributed by atoms with Crippen molar-refractivity contribution in [2.75, 3.05) is 116 Å². The van der Waals surface area contributed by atoms with Crippen LogP contribution in [0.4, 0.5) is 33.7 Å². The number of thiocarbonyl (C=S) groups is 1. The Hall–Kier alpha value is -5.21. The molecule has 1 unspecified atom stereocenters. The smallest absolute Gasteiger partial charge is 0.206 e. The van der Waals surface area contributed by atoms with E-state index in [1.807, 2.05) is 31.2 Å².